The number of aromatic nitrogens is 1. The molecule has 138 valence electrons. The van der Waals surface area contributed by atoms with Crippen LogP contribution in [-0.2, 0) is 0 Å². The van der Waals surface area contributed by atoms with E-state index in [9.17, 15) is 15.0 Å². The molecular formula is C18H21FN3O4+. The van der Waals surface area contributed by atoms with Crippen molar-refractivity contribution < 1.29 is 28.7 Å². The first-order chi connectivity index (χ1) is 12.4. The van der Waals surface area contributed by atoms with E-state index in [2.05, 4.69) is 4.90 Å². The zero-order valence-corrected chi connectivity index (χ0v) is 14.7. The highest BCUT2D eigenvalue weighted by Gasteiger charge is 2.37. The minimum atomic E-state index is -1.25. The highest BCUT2D eigenvalue weighted by molar-refractivity contribution is 6.00. The van der Waals surface area contributed by atoms with Crippen molar-refractivity contribution in [1.82, 2.24) is 4.90 Å². The second-order valence-corrected chi connectivity index (χ2v) is 6.99. The molecule has 7 nitrogen and oxygen atoms in total. The average Bonchev–Trinajstić information content (AvgIpc) is 2.60. The number of hydrogen-bond donors (Lipinski definition) is 2. The highest BCUT2D eigenvalue weighted by Crippen LogP contribution is 2.43. The number of anilines is 1. The van der Waals surface area contributed by atoms with E-state index in [1.165, 1.54) is 12.3 Å². The van der Waals surface area contributed by atoms with Crippen LogP contribution >= 0.6 is 0 Å². The van der Waals surface area contributed by atoms with E-state index in [0.29, 0.717) is 36.6 Å². The van der Waals surface area contributed by atoms with Gasteiger partial charge in [0.25, 0.3) is 5.52 Å². The van der Waals surface area contributed by atoms with Gasteiger partial charge in [0, 0.05) is 33.1 Å². The Bertz CT molecular complexity index is 909. The fraction of sp³-hybridized carbons (Fsp3) is 0.444. The summed E-state index contributed by atoms with van der Waals surface area (Å²) in [5, 5.41) is 19.9. The van der Waals surface area contributed by atoms with Gasteiger partial charge in [0.2, 0.25) is 5.75 Å². The Labute approximate surface area is 149 Å². The summed E-state index contributed by atoms with van der Waals surface area (Å²) in [5.74, 6) is -1.84. The molecule has 0 bridgehead atoms. The summed E-state index contributed by atoms with van der Waals surface area (Å²) in [7, 11) is 2.02. The van der Waals surface area contributed by atoms with Gasteiger partial charge in [-0.3, -0.25) is 0 Å². The van der Waals surface area contributed by atoms with Gasteiger partial charge in [0.1, 0.15) is 11.4 Å². The molecule has 1 fully saturated rings. The van der Waals surface area contributed by atoms with Gasteiger partial charge >= 0.3 is 5.97 Å². The monoisotopic (exact) mass is 362 g/mol. The van der Waals surface area contributed by atoms with Crippen LogP contribution in [0.15, 0.2) is 12.3 Å². The van der Waals surface area contributed by atoms with Gasteiger partial charge < -0.3 is 24.7 Å². The molecule has 1 aromatic heterocycles. The molecule has 1 saturated heterocycles. The summed E-state index contributed by atoms with van der Waals surface area (Å²) < 4.78 is 22.7. The summed E-state index contributed by atoms with van der Waals surface area (Å²) >= 11 is 0. The van der Waals surface area contributed by atoms with Crippen molar-refractivity contribution in [3.05, 3.63) is 23.6 Å². The molecule has 1 aromatic carbocycles. The number of halogens is 1. The summed E-state index contributed by atoms with van der Waals surface area (Å²) in [4.78, 5) is 15.6. The van der Waals surface area contributed by atoms with Crippen molar-refractivity contribution in [2.75, 3.05) is 44.7 Å². The number of pyridine rings is 1. The number of aromatic hydroxyl groups is 1. The maximum Gasteiger partial charge on any atom is 0.345 e. The van der Waals surface area contributed by atoms with Crippen molar-refractivity contribution in [1.29, 1.82) is 0 Å². The molecule has 0 spiro atoms. The third-order valence-corrected chi connectivity index (χ3v) is 5.21. The van der Waals surface area contributed by atoms with Gasteiger partial charge in [-0.05, 0) is 13.1 Å². The summed E-state index contributed by atoms with van der Waals surface area (Å²) in [6.45, 7) is 5.17. The van der Waals surface area contributed by atoms with E-state index in [-0.39, 0.29) is 17.0 Å². The third-order valence-electron chi connectivity index (χ3n) is 5.21. The molecule has 0 amide bonds. The molecule has 2 N–H and O–H groups in total. The molecule has 2 aliphatic rings. The fourth-order valence-electron chi connectivity index (χ4n) is 3.70. The largest absolute Gasteiger partial charge is 0.506 e. The molecule has 4 rings (SSSR count). The SMILES string of the molecule is C[C@@H]1COc2c(N3CCN(C)CC3)c(F)cc3c(O)c(C(=O)O)c[n+]1c23. The summed E-state index contributed by atoms with van der Waals surface area (Å²) in [6.07, 6.45) is 1.41. The zero-order chi connectivity index (χ0) is 18.6. The lowest BCUT2D eigenvalue weighted by Crippen LogP contribution is -2.47. The van der Waals surface area contributed by atoms with E-state index >= 15 is 4.39 Å². The Morgan fingerprint density at radius 1 is 1.35 bits per heavy atom. The first-order valence-electron chi connectivity index (χ1n) is 8.61. The molecule has 0 radical (unpaired) electrons. The van der Waals surface area contributed by atoms with Crippen LogP contribution in [0.2, 0.25) is 0 Å². The van der Waals surface area contributed by atoms with Gasteiger partial charge in [-0.1, -0.05) is 0 Å². The lowest BCUT2D eigenvalue weighted by Gasteiger charge is -2.35. The van der Waals surface area contributed by atoms with E-state index in [0.717, 1.165) is 13.1 Å². The smallest absolute Gasteiger partial charge is 0.345 e. The molecule has 2 aromatic rings. The Balaban J connectivity index is 1.99. The predicted molar refractivity (Wildman–Crippen MR) is 92.6 cm³/mol. The number of aromatic carboxylic acids is 1. The number of carboxylic acid groups (broad SMARTS) is 1. The van der Waals surface area contributed by atoms with Crippen LogP contribution in [0.3, 0.4) is 0 Å². The Hall–Kier alpha value is -2.61. The summed E-state index contributed by atoms with van der Waals surface area (Å²) in [6, 6.07) is 1.08. The number of nitrogens with zero attached hydrogens (tertiary/aromatic N) is 3. The van der Waals surface area contributed by atoms with Crippen molar-refractivity contribution in [2.24, 2.45) is 0 Å². The molecule has 2 aliphatic heterocycles. The number of carboxylic acids is 1. The number of likely N-dealkylation sites (N-methyl/N-ethyl adjacent to an activating group) is 1. The van der Waals surface area contributed by atoms with Crippen LogP contribution in [0.4, 0.5) is 10.1 Å². The van der Waals surface area contributed by atoms with Crippen LogP contribution in [0.5, 0.6) is 11.5 Å². The second kappa shape index (κ2) is 5.98. The van der Waals surface area contributed by atoms with Crippen molar-refractivity contribution in [2.45, 2.75) is 13.0 Å². The van der Waals surface area contributed by atoms with E-state index < -0.39 is 17.5 Å². The lowest BCUT2D eigenvalue weighted by atomic mass is 10.0. The molecule has 0 saturated carbocycles. The number of piperazine rings is 1. The minimum absolute atomic E-state index is 0.130. The van der Waals surface area contributed by atoms with Crippen LogP contribution < -0.4 is 14.2 Å². The Morgan fingerprint density at radius 3 is 2.69 bits per heavy atom. The average molecular weight is 362 g/mol. The van der Waals surface area contributed by atoms with Crippen LogP contribution in [-0.4, -0.2) is 60.9 Å². The van der Waals surface area contributed by atoms with Gasteiger partial charge in [-0.25, -0.2) is 9.18 Å². The Kier molecular flexibility index (Phi) is 3.87. The Morgan fingerprint density at radius 2 is 2.04 bits per heavy atom. The minimum Gasteiger partial charge on any atom is -0.506 e. The third kappa shape index (κ3) is 2.44. The van der Waals surface area contributed by atoms with Crippen molar-refractivity contribution >= 4 is 22.6 Å². The molecule has 3 heterocycles. The maximum absolute atomic E-state index is 15.0. The van der Waals surface area contributed by atoms with Crippen molar-refractivity contribution in [3.8, 4) is 11.5 Å². The summed E-state index contributed by atoms with van der Waals surface area (Å²) in [5.41, 5.74) is 0.666. The quantitative estimate of drug-likeness (QED) is 0.786. The predicted octanol–water partition coefficient (Wildman–Crippen LogP) is 1.38. The number of carbonyl (C=O) groups is 1. The second-order valence-electron chi connectivity index (χ2n) is 6.99. The number of benzene rings is 1. The normalized spacial score (nSPS) is 20.3. The van der Waals surface area contributed by atoms with Gasteiger partial charge in [-0.15, -0.1) is 0 Å². The molecule has 26 heavy (non-hydrogen) atoms. The van der Waals surface area contributed by atoms with Crippen LogP contribution in [0.1, 0.15) is 23.3 Å². The highest BCUT2D eigenvalue weighted by atomic mass is 19.1. The molecule has 8 heteroatoms. The van der Waals surface area contributed by atoms with E-state index in [1.807, 2.05) is 18.9 Å². The first kappa shape index (κ1) is 16.8. The van der Waals surface area contributed by atoms with Crippen molar-refractivity contribution in [3.63, 3.8) is 0 Å². The van der Waals surface area contributed by atoms with E-state index in [1.54, 1.807) is 4.57 Å². The topological polar surface area (TPSA) is 77.1 Å². The molecule has 1 atom stereocenters. The standard InChI is InChI=1S/C18H20FN3O4/c1-10-9-26-17-14-11(16(23)12(18(24)25)8-22(10)14)7-13(19)15(17)21-5-3-20(2)4-6-21/h7-8,10H,3-6,9H2,1-2H3,(H,24,25)/p+1/t10-/m1/s1. The lowest BCUT2D eigenvalue weighted by molar-refractivity contribution is -0.700. The first-order valence-corrected chi connectivity index (χ1v) is 8.61. The fourth-order valence-corrected chi connectivity index (χ4v) is 3.70. The maximum atomic E-state index is 15.0. The van der Waals surface area contributed by atoms with Crippen LogP contribution in [0.25, 0.3) is 10.9 Å². The number of hydrogen-bond acceptors (Lipinski definition) is 5. The van der Waals surface area contributed by atoms with Crippen LogP contribution in [0, 0.1) is 5.82 Å². The molecule has 0 aliphatic carbocycles. The van der Waals surface area contributed by atoms with Gasteiger partial charge in [0.05, 0.1) is 5.39 Å². The number of rotatable bonds is 2. The number of ether oxygens (including phenoxy) is 1. The zero-order valence-electron chi connectivity index (χ0n) is 14.7. The van der Waals surface area contributed by atoms with E-state index in [4.69, 9.17) is 4.74 Å². The van der Waals surface area contributed by atoms with Gasteiger partial charge in [-0.2, -0.15) is 4.57 Å². The molecule has 0 unspecified atom stereocenters. The van der Waals surface area contributed by atoms with Gasteiger partial charge in [0.15, 0.2) is 30.2 Å². The molecular weight excluding hydrogens is 341 g/mol.